The molecule has 0 bridgehead atoms. The first-order chi connectivity index (χ1) is 9.22. The van der Waals surface area contributed by atoms with Gasteiger partial charge in [0.25, 0.3) is 0 Å². The van der Waals surface area contributed by atoms with Gasteiger partial charge in [0.15, 0.2) is 0 Å². The highest BCUT2D eigenvalue weighted by molar-refractivity contribution is 5.48. The quantitative estimate of drug-likeness (QED) is 0.827. The zero-order valence-corrected chi connectivity index (χ0v) is 11.9. The standard InChI is InChI=1S/C16H25N3/c1-13-5-6-14(10-16(13)17)11-18-7-3-9-19-8-2-4-15(19)12-18/h5-6,10,15H,2-4,7-9,11-12,17H2,1H3. The monoisotopic (exact) mass is 259 g/mol. The van der Waals surface area contributed by atoms with Gasteiger partial charge >= 0.3 is 0 Å². The van der Waals surface area contributed by atoms with E-state index in [-0.39, 0.29) is 0 Å². The first kappa shape index (κ1) is 12.9. The van der Waals surface area contributed by atoms with Crippen LogP contribution in [-0.4, -0.2) is 42.0 Å². The van der Waals surface area contributed by atoms with Crippen molar-refractivity contribution in [2.45, 2.75) is 38.8 Å². The summed E-state index contributed by atoms with van der Waals surface area (Å²) in [4.78, 5) is 5.30. The molecule has 104 valence electrons. The maximum absolute atomic E-state index is 6.02. The van der Waals surface area contributed by atoms with Crippen molar-refractivity contribution >= 4 is 5.69 Å². The molecule has 0 spiro atoms. The van der Waals surface area contributed by atoms with Gasteiger partial charge in [0.1, 0.15) is 0 Å². The zero-order valence-electron chi connectivity index (χ0n) is 11.9. The van der Waals surface area contributed by atoms with Crippen molar-refractivity contribution < 1.29 is 0 Å². The number of benzene rings is 1. The van der Waals surface area contributed by atoms with Gasteiger partial charge < -0.3 is 5.73 Å². The first-order valence-electron chi connectivity index (χ1n) is 7.54. The smallest absolute Gasteiger partial charge is 0.0346 e. The summed E-state index contributed by atoms with van der Waals surface area (Å²) in [6.07, 6.45) is 4.07. The maximum Gasteiger partial charge on any atom is 0.0346 e. The molecule has 1 aromatic carbocycles. The van der Waals surface area contributed by atoms with E-state index < -0.39 is 0 Å². The highest BCUT2D eigenvalue weighted by Gasteiger charge is 2.28. The first-order valence-corrected chi connectivity index (χ1v) is 7.54. The normalized spacial score (nSPS) is 25.2. The molecule has 1 aromatic rings. The maximum atomic E-state index is 6.02. The molecule has 2 fully saturated rings. The van der Waals surface area contributed by atoms with E-state index in [4.69, 9.17) is 5.73 Å². The van der Waals surface area contributed by atoms with Gasteiger partial charge in [0.05, 0.1) is 0 Å². The van der Waals surface area contributed by atoms with Crippen LogP contribution in [-0.2, 0) is 6.54 Å². The Morgan fingerprint density at radius 2 is 2.05 bits per heavy atom. The van der Waals surface area contributed by atoms with E-state index in [1.54, 1.807) is 0 Å². The predicted octanol–water partition coefficient (Wildman–Crippen LogP) is 2.25. The Bertz CT molecular complexity index is 444. The van der Waals surface area contributed by atoms with Crippen LogP contribution in [0.3, 0.4) is 0 Å². The lowest BCUT2D eigenvalue weighted by molar-refractivity contribution is 0.215. The fraction of sp³-hybridized carbons (Fsp3) is 0.625. The molecule has 2 N–H and O–H groups in total. The van der Waals surface area contributed by atoms with Crippen LogP contribution in [0.5, 0.6) is 0 Å². The second-order valence-corrected chi connectivity index (χ2v) is 6.11. The molecule has 3 nitrogen and oxygen atoms in total. The lowest BCUT2D eigenvalue weighted by Crippen LogP contribution is -2.36. The van der Waals surface area contributed by atoms with Gasteiger partial charge in [-0.15, -0.1) is 0 Å². The summed E-state index contributed by atoms with van der Waals surface area (Å²) in [5.41, 5.74) is 9.48. The van der Waals surface area contributed by atoms with Gasteiger partial charge in [-0.25, -0.2) is 0 Å². The number of hydrogen-bond donors (Lipinski definition) is 1. The molecule has 0 aromatic heterocycles. The number of aryl methyl sites for hydroxylation is 1. The molecule has 2 saturated heterocycles. The molecule has 2 heterocycles. The van der Waals surface area contributed by atoms with Gasteiger partial charge in [0, 0.05) is 24.8 Å². The third-order valence-electron chi connectivity index (χ3n) is 4.64. The molecule has 0 aliphatic carbocycles. The molecule has 0 amide bonds. The lowest BCUT2D eigenvalue weighted by atomic mass is 10.1. The Morgan fingerprint density at radius 1 is 1.21 bits per heavy atom. The molecule has 3 rings (SSSR count). The second-order valence-electron chi connectivity index (χ2n) is 6.11. The predicted molar refractivity (Wildman–Crippen MR) is 80.1 cm³/mol. The van der Waals surface area contributed by atoms with Gasteiger partial charge in [-0.3, -0.25) is 9.80 Å². The summed E-state index contributed by atoms with van der Waals surface area (Å²) in [7, 11) is 0. The second kappa shape index (κ2) is 5.51. The fourth-order valence-electron chi connectivity index (χ4n) is 3.47. The van der Waals surface area contributed by atoms with Crippen molar-refractivity contribution in [3.8, 4) is 0 Å². The summed E-state index contributed by atoms with van der Waals surface area (Å²) in [5.74, 6) is 0. The van der Waals surface area contributed by atoms with Gasteiger partial charge in [-0.2, -0.15) is 0 Å². The molecule has 0 radical (unpaired) electrons. The summed E-state index contributed by atoms with van der Waals surface area (Å²) < 4.78 is 0. The topological polar surface area (TPSA) is 32.5 Å². The molecule has 2 aliphatic heterocycles. The highest BCUT2D eigenvalue weighted by atomic mass is 15.3. The lowest BCUT2D eigenvalue weighted by Gasteiger charge is -2.25. The van der Waals surface area contributed by atoms with Crippen LogP contribution >= 0.6 is 0 Å². The summed E-state index contributed by atoms with van der Waals surface area (Å²) in [6.45, 7) is 8.18. The van der Waals surface area contributed by atoms with E-state index in [2.05, 4.69) is 34.9 Å². The number of anilines is 1. The van der Waals surface area contributed by atoms with Crippen molar-refractivity contribution in [3.63, 3.8) is 0 Å². The molecule has 2 aliphatic rings. The van der Waals surface area contributed by atoms with Gasteiger partial charge in [-0.1, -0.05) is 12.1 Å². The van der Waals surface area contributed by atoms with Crippen LogP contribution in [0.25, 0.3) is 0 Å². The molecule has 19 heavy (non-hydrogen) atoms. The van der Waals surface area contributed by atoms with Crippen molar-refractivity contribution in [2.24, 2.45) is 0 Å². The average Bonchev–Trinajstić information content (AvgIpc) is 2.73. The number of fused-ring (bicyclic) bond motifs is 1. The largest absolute Gasteiger partial charge is 0.399 e. The van der Waals surface area contributed by atoms with Crippen molar-refractivity contribution in [1.82, 2.24) is 9.80 Å². The van der Waals surface area contributed by atoms with E-state index in [9.17, 15) is 0 Å². The van der Waals surface area contributed by atoms with Crippen molar-refractivity contribution in [3.05, 3.63) is 29.3 Å². The van der Waals surface area contributed by atoms with Gasteiger partial charge in [-0.05, 0) is 63.0 Å². The minimum atomic E-state index is 0.797. The number of hydrogen-bond acceptors (Lipinski definition) is 3. The van der Waals surface area contributed by atoms with E-state index in [1.165, 1.54) is 56.6 Å². The van der Waals surface area contributed by atoms with Gasteiger partial charge in [0.2, 0.25) is 0 Å². The molecule has 3 heteroatoms. The Kier molecular flexibility index (Phi) is 3.76. The van der Waals surface area contributed by atoms with Crippen molar-refractivity contribution in [1.29, 1.82) is 0 Å². The Labute approximate surface area is 116 Å². The summed E-state index contributed by atoms with van der Waals surface area (Å²) in [5, 5.41) is 0. The van der Waals surface area contributed by atoms with Crippen LogP contribution in [0.4, 0.5) is 5.69 Å². The third-order valence-corrected chi connectivity index (χ3v) is 4.64. The summed E-state index contributed by atoms with van der Waals surface area (Å²) >= 11 is 0. The minimum absolute atomic E-state index is 0.797. The average molecular weight is 259 g/mol. The molecule has 1 unspecified atom stereocenters. The van der Waals surface area contributed by atoms with Crippen LogP contribution < -0.4 is 5.73 Å². The molecular formula is C16H25N3. The van der Waals surface area contributed by atoms with E-state index in [1.807, 2.05) is 0 Å². The number of rotatable bonds is 2. The highest BCUT2D eigenvalue weighted by Crippen LogP contribution is 2.23. The van der Waals surface area contributed by atoms with Crippen molar-refractivity contribution in [2.75, 3.05) is 31.9 Å². The minimum Gasteiger partial charge on any atom is -0.399 e. The number of nitrogen functional groups attached to an aromatic ring is 1. The fourth-order valence-corrected chi connectivity index (χ4v) is 3.47. The number of nitrogens with zero attached hydrogens (tertiary/aromatic N) is 2. The molecule has 1 atom stereocenters. The zero-order chi connectivity index (χ0) is 13.2. The van der Waals surface area contributed by atoms with Crippen LogP contribution in [0.2, 0.25) is 0 Å². The van der Waals surface area contributed by atoms with Crippen LogP contribution in [0.1, 0.15) is 30.4 Å². The molecule has 0 saturated carbocycles. The summed E-state index contributed by atoms with van der Waals surface area (Å²) in [6, 6.07) is 7.31. The number of nitrogens with two attached hydrogens (primary N) is 1. The SMILES string of the molecule is Cc1ccc(CN2CCCN3CCCC3C2)cc1N. The Morgan fingerprint density at radius 3 is 2.89 bits per heavy atom. The van der Waals surface area contributed by atoms with E-state index in [0.29, 0.717) is 0 Å². The van der Waals surface area contributed by atoms with Crippen LogP contribution in [0, 0.1) is 6.92 Å². The van der Waals surface area contributed by atoms with Crippen LogP contribution in [0.15, 0.2) is 18.2 Å². The Balaban J connectivity index is 1.66. The third kappa shape index (κ3) is 2.93. The van der Waals surface area contributed by atoms with E-state index >= 15 is 0 Å². The molecular weight excluding hydrogens is 234 g/mol. The Hall–Kier alpha value is -1.06. The van der Waals surface area contributed by atoms with E-state index in [0.717, 1.165) is 18.3 Å².